The zero-order chi connectivity index (χ0) is 6.50. The normalized spacial score (nSPS) is 8.57. The first-order valence-corrected chi connectivity index (χ1v) is 5.13. The molecule has 0 radical (unpaired) electrons. The Kier molecular flexibility index (Phi) is 5.24. The van der Waals surface area contributed by atoms with Gasteiger partial charge in [0.25, 0.3) is 0 Å². The summed E-state index contributed by atoms with van der Waals surface area (Å²) in [5, 5.41) is 0. The monoisotopic (exact) mass is 283 g/mol. The Hall–Kier alpha value is -0.424. The van der Waals surface area contributed by atoms with Crippen LogP contribution in [-0.4, -0.2) is 0 Å². The Balaban J connectivity index is 0. The molecule has 0 unspecified atom stereocenters. The van der Waals surface area contributed by atoms with Crippen LogP contribution >= 0.6 is 0 Å². The Bertz CT molecular complexity index is 173. The van der Waals surface area contributed by atoms with Gasteiger partial charge in [-0.15, -0.1) is 0 Å². The second-order valence-corrected chi connectivity index (χ2v) is 2.89. The molecule has 0 aliphatic heterocycles. The third kappa shape index (κ3) is 397. The standard InChI is InChI=1S/C2H3.4O.Os/c1-2;;;;;/h1H,2H2;;;;;/q-1;;;;;. The zero-order valence-electron chi connectivity index (χ0n) is 3.27. The molecule has 0 saturated carbocycles. The molecule has 0 N–H and O–H groups in total. The Morgan fingerprint density at radius 1 is 1.00 bits per heavy atom. The van der Waals surface area contributed by atoms with E-state index in [-0.39, 0.29) is 0 Å². The molecular formula is C2H3O4Os-. The van der Waals surface area contributed by atoms with Crippen LogP contribution in [0.2, 0.25) is 0 Å². The quantitative estimate of drug-likeness (QED) is 0.592. The summed E-state index contributed by atoms with van der Waals surface area (Å²) < 4.78 is 34.5. The topological polar surface area (TPSA) is 68.3 Å². The van der Waals surface area contributed by atoms with E-state index < -0.39 is 14.8 Å². The minimum atomic E-state index is -6.06. The van der Waals surface area contributed by atoms with Crippen LogP contribution in [0.5, 0.6) is 0 Å². The van der Waals surface area contributed by atoms with Gasteiger partial charge in [0.15, 0.2) is 0 Å². The van der Waals surface area contributed by atoms with Crippen LogP contribution in [-0.2, 0) is 29.0 Å². The van der Waals surface area contributed by atoms with Gasteiger partial charge in [-0.3, -0.25) is 6.58 Å². The summed E-state index contributed by atoms with van der Waals surface area (Å²) in [5.74, 6) is 0. The molecule has 4 nitrogen and oxygen atoms in total. The molecule has 7 heavy (non-hydrogen) atoms. The van der Waals surface area contributed by atoms with Gasteiger partial charge in [0, 0.05) is 0 Å². The van der Waals surface area contributed by atoms with E-state index in [1.807, 2.05) is 0 Å². The molecule has 0 spiro atoms. The average molecular weight is 281 g/mol. The molecule has 0 fully saturated rings. The third-order valence-corrected chi connectivity index (χ3v) is 0. The minimum absolute atomic E-state index is 2.75. The fraction of sp³-hybridized carbons (Fsp3) is 0. The molecule has 0 aromatic rings. The summed E-state index contributed by atoms with van der Waals surface area (Å²) in [6.45, 7) is 7.00. The van der Waals surface area contributed by atoms with E-state index in [0.29, 0.717) is 0 Å². The SMILES string of the molecule is [CH-]=C.[O]=[Os](=[O])(=[O])=[O]. The molecular weight excluding hydrogens is 278 g/mol. The van der Waals surface area contributed by atoms with Crippen LogP contribution in [0, 0.1) is 6.58 Å². The molecule has 0 aromatic carbocycles. The van der Waals surface area contributed by atoms with Gasteiger partial charge in [0.1, 0.15) is 0 Å². The van der Waals surface area contributed by atoms with Crippen molar-refractivity contribution in [1.82, 2.24) is 0 Å². The molecule has 0 amide bonds. The zero-order valence-corrected chi connectivity index (χ0v) is 5.81. The van der Waals surface area contributed by atoms with Gasteiger partial charge in [0.05, 0.1) is 0 Å². The van der Waals surface area contributed by atoms with Gasteiger partial charge in [0.2, 0.25) is 0 Å². The summed E-state index contributed by atoms with van der Waals surface area (Å²) in [4.78, 5) is 0. The Morgan fingerprint density at radius 2 is 1.00 bits per heavy atom. The van der Waals surface area contributed by atoms with Gasteiger partial charge in [-0.25, -0.2) is 0 Å². The molecule has 5 heteroatoms. The van der Waals surface area contributed by atoms with Crippen molar-refractivity contribution in [3.63, 3.8) is 0 Å². The average Bonchev–Trinajstić information content (AvgIpc) is 1.36. The fourth-order valence-corrected chi connectivity index (χ4v) is 0. The van der Waals surface area contributed by atoms with Crippen molar-refractivity contribution in [2.24, 2.45) is 0 Å². The number of hydrogen-bond donors (Lipinski definition) is 0. The van der Waals surface area contributed by atoms with Crippen molar-refractivity contribution < 1.29 is 29.0 Å². The third-order valence-electron chi connectivity index (χ3n) is 0. The van der Waals surface area contributed by atoms with Crippen LogP contribution in [0.1, 0.15) is 0 Å². The first-order chi connectivity index (χ1) is 3.00. The van der Waals surface area contributed by atoms with Gasteiger partial charge in [-0.1, -0.05) is 0 Å². The van der Waals surface area contributed by atoms with E-state index in [9.17, 15) is 0 Å². The molecule has 0 aliphatic carbocycles. The van der Waals surface area contributed by atoms with Crippen molar-refractivity contribution in [1.29, 1.82) is 0 Å². The van der Waals surface area contributed by atoms with Crippen molar-refractivity contribution >= 4 is 0 Å². The van der Waals surface area contributed by atoms with E-state index in [0.717, 1.165) is 0 Å². The van der Waals surface area contributed by atoms with Crippen LogP contribution in [0.15, 0.2) is 6.58 Å². The van der Waals surface area contributed by atoms with Crippen molar-refractivity contribution in [2.45, 2.75) is 0 Å². The molecule has 0 bridgehead atoms. The van der Waals surface area contributed by atoms with E-state index in [2.05, 4.69) is 13.2 Å². The summed E-state index contributed by atoms with van der Waals surface area (Å²) in [6.07, 6.45) is 0. The number of rotatable bonds is 0. The second kappa shape index (κ2) is 3.76. The first kappa shape index (κ1) is 9.76. The maximum absolute atomic E-state index is 8.63. The predicted octanol–water partition coefficient (Wildman–Crippen LogP) is 0.128. The van der Waals surface area contributed by atoms with Crippen LogP contribution in [0.4, 0.5) is 0 Å². The summed E-state index contributed by atoms with van der Waals surface area (Å²) in [5.41, 5.74) is 0. The Morgan fingerprint density at radius 3 is 1.00 bits per heavy atom. The number of hydrogen-bond acceptors (Lipinski definition) is 4. The molecule has 0 rings (SSSR count). The van der Waals surface area contributed by atoms with Gasteiger partial charge in [-0.05, 0) is 0 Å². The van der Waals surface area contributed by atoms with Gasteiger partial charge in [-0.2, -0.15) is 0 Å². The molecule has 0 aliphatic rings. The predicted molar refractivity (Wildman–Crippen MR) is 12.7 cm³/mol. The van der Waals surface area contributed by atoms with Crippen LogP contribution in [0.25, 0.3) is 0 Å². The molecule has 0 saturated heterocycles. The van der Waals surface area contributed by atoms with E-state index in [1.165, 1.54) is 0 Å². The second-order valence-electron chi connectivity index (χ2n) is 0.354. The van der Waals surface area contributed by atoms with Gasteiger partial charge >= 0.3 is 29.0 Å². The van der Waals surface area contributed by atoms with Crippen LogP contribution in [0.3, 0.4) is 0 Å². The van der Waals surface area contributed by atoms with Crippen molar-refractivity contribution in [3.8, 4) is 0 Å². The maximum atomic E-state index is 8.63. The molecule has 0 heterocycles. The van der Waals surface area contributed by atoms with E-state index in [1.54, 1.807) is 0 Å². The molecule has 0 atom stereocenters. The van der Waals surface area contributed by atoms with Gasteiger partial charge < -0.3 is 6.58 Å². The first-order valence-electron chi connectivity index (χ1n) is 0.986. The summed E-state index contributed by atoms with van der Waals surface area (Å²) in [6, 6.07) is 0. The molecule has 44 valence electrons. The Labute approximate surface area is 42.8 Å². The summed E-state index contributed by atoms with van der Waals surface area (Å²) >= 11 is -6.06. The van der Waals surface area contributed by atoms with Crippen molar-refractivity contribution in [2.75, 3.05) is 0 Å². The fourth-order valence-electron chi connectivity index (χ4n) is 0. The summed E-state index contributed by atoms with van der Waals surface area (Å²) in [7, 11) is 0. The van der Waals surface area contributed by atoms with Crippen LogP contribution < -0.4 is 0 Å². The van der Waals surface area contributed by atoms with E-state index in [4.69, 9.17) is 14.2 Å². The van der Waals surface area contributed by atoms with Crippen molar-refractivity contribution in [3.05, 3.63) is 13.2 Å². The van der Waals surface area contributed by atoms with E-state index >= 15 is 0 Å². The molecule has 0 aromatic heterocycles.